The molecule has 0 aliphatic rings. The molecular formula is C14H12ClN5O. The van der Waals surface area contributed by atoms with Crippen molar-refractivity contribution in [1.29, 1.82) is 0 Å². The van der Waals surface area contributed by atoms with Gasteiger partial charge in [0, 0.05) is 22.2 Å². The van der Waals surface area contributed by atoms with E-state index in [-0.39, 0.29) is 11.6 Å². The zero-order valence-corrected chi connectivity index (χ0v) is 11.9. The molecule has 0 saturated heterocycles. The number of hydrazone groups is 1. The Morgan fingerprint density at radius 3 is 3.00 bits per heavy atom. The SMILES string of the molecule is Cc1cc(C(=O)NN=Cc2c(Cl)[nH]c3ccccc23)n[nH]1. The zero-order valence-electron chi connectivity index (χ0n) is 11.1. The Hall–Kier alpha value is -2.60. The van der Waals surface area contributed by atoms with Gasteiger partial charge in [-0.3, -0.25) is 9.89 Å². The maximum atomic E-state index is 11.8. The van der Waals surface area contributed by atoms with E-state index in [1.54, 1.807) is 6.07 Å². The summed E-state index contributed by atoms with van der Waals surface area (Å²) in [4.78, 5) is 14.8. The first kappa shape index (κ1) is 13.4. The Balaban J connectivity index is 1.79. The minimum Gasteiger partial charge on any atom is -0.345 e. The fraction of sp³-hybridized carbons (Fsp3) is 0.0714. The van der Waals surface area contributed by atoms with Crippen LogP contribution in [0.2, 0.25) is 5.15 Å². The fourth-order valence-electron chi connectivity index (χ4n) is 2.00. The smallest absolute Gasteiger partial charge is 0.291 e. The van der Waals surface area contributed by atoms with Gasteiger partial charge in [-0.05, 0) is 19.1 Å². The van der Waals surface area contributed by atoms with Crippen LogP contribution < -0.4 is 5.43 Å². The van der Waals surface area contributed by atoms with E-state index in [0.29, 0.717) is 5.15 Å². The van der Waals surface area contributed by atoms with Gasteiger partial charge in [0.2, 0.25) is 0 Å². The van der Waals surface area contributed by atoms with Gasteiger partial charge < -0.3 is 4.98 Å². The highest BCUT2D eigenvalue weighted by atomic mass is 35.5. The number of halogens is 1. The molecule has 6 nitrogen and oxygen atoms in total. The lowest BCUT2D eigenvalue weighted by atomic mass is 10.2. The number of carbonyl (C=O) groups excluding carboxylic acids is 1. The predicted octanol–water partition coefficient (Wildman–Crippen LogP) is 2.62. The Labute approximate surface area is 125 Å². The normalized spacial score (nSPS) is 11.3. The van der Waals surface area contributed by atoms with Crippen LogP contribution in [0.15, 0.2) is 35.4 Å². The first-order valence-electron chi connectivity index (χ1n) is 6.27. The molecule has 21 heavy (non-hydrogen) atoms. The Kier molecular flexibility index (Phi) is 3.45. The summed E-state index contributed by atoms with van der Waals surface area (Å²) in [7, 11) is 0. The number of para-hydroxylation sites is 1. The van der Waals surface area contributed by atoms with E-state index in [0.717, 1.165) is 22.2 Å². The first-order chi connectivity index (χ1) is 10.1. The number of fused-ring (bicyclic) bond motifs is 1. The van der Waals surface area contributed by atoms with Crippen LogP contribution in [0.5, 0.6) is 0 Å². The van der Waals surface area contributed by atoms with E-state index in [1.807, 2.05) is 31.2 Å². The van der Waals surface area contributed by atoms with Crippen molar-refractivity contribution in [3.8, 4) is 0 Å². The number of amides is 1. The van der Waals surface area contributed by atoms with Crippen LogP contribution >= 0.6 is 11.6 Å². The highest BCUT2D eigenvalue weighted by Gasteiger charge is 2.09. The van der Waals surface area contributed by atoms with E-state index in [4.69, 9.17) is 11.6 Å². The summed E-state index contributed by atoms with van der Waals surface area (Å²) in [5.74, 6) is -0.383. The van der Waals surface area contributed by atoms with Crippen molar-refractivity contribution in [2.75, 3.05) is 0 Å². The summed E-state index contributed by atoms with van der Waals surface area (Å²) >= 11 is 6.13. The van der Waals surface area contributed by atoms with Crippen LogP contribution in [0.4, 0.5) is 0 Å². The van der Waals surface area contributed by atoms with E-state index in [2.05, 4.69) is 25.7 Å². The van der Waals surface area contributed by atoms with Gasteiger partial charge in [-0.1, -0.05) is 29.8 Å². The van der Waals surface area contributed by atoms with Gasteiger partial charge in [-0.25, -0.2) is 5.43 Å². The largest absolute Gasteiger partial charge is 0.345 e. The van der Waals surface area contributed by atoms with Gasteiger partial charge in [0.05, 0.1) is 6.21 Å². The van der Waals surface area contributed by atoms with Crippen LogP contribution in [0.3, 0.4) is 0 Å². The second-order valence-corrected chi connectivity index (χ2v) is 4.91. The van der Waals surface area contributed by atoms with Crippen molar-refractivity contribution in [2.24, 2.45) is 5.10 Å². The molecule has 0 fully saturated rings. The van der Waals surface area contributed by atoms with Gasteiger partial charge in [0.15, 0.2) is 5.69 Å². The molecule has 0 saturated carbocycles. The number of carbonyl (C=O) groups is 1. The molecule has 106 valence electrons. The molecule has 0 unspecified atom stereocenters. The summed E-state index contributed by atoms with van der Waals surface area (Å²) in [6.45, 7) is 1.82. The van der Waals surface area contributed by atoms with Crippen LogP contribution in [0.25, 0.3) is 10.9 Å². The molecule has 1 amide bonds. The Bertz CT molecular complexity index is 833. The van der Waals surface area contributed by atoms with Crippen molar-refractivity contribution in [3.63, 3.8) is 0 Å². The molecule has 2 heterocycles. The minimum absolute atomic E-state index is 0.287. The molecule has 0 bridgehead atoms. The third kappa shape index (κ3) is 2.66. The number of aromatic nitrogens is 3. The molecule has 0 aliphatic carbocycles. The summed E-state index contributed by atoms with van der Waals surface area (Å²) in [5, 5.41) is 11.9. The highest BCUT2D eigenvalue weighted by molar-refractivity contribution is 6.34. The molecular weight excluding hydrogens is 290 g/mol. The average Bonchev–Trinajstić information content (AvgIpc) is 3.03. The monoisotopic (exact) mass is 301 g/mol. The number of rotatable bonds is 3. The van der Waals surface area contributed by atoms with Gasteiger partial charge in [0.1, 0.15) is 5.15 Å². The van der Waals surface area contributed by atoms with Crippen molar-refractivity contribution in [3.05, 3.63) is 52.4 Å². The quantitative estimate of drug-likeness (QED) is 0.513. The van der Waals surface area contributed by atoms with Gasteiger partial charge in [-0.15, -0.1) is 0 Å². The summed E-state index contributed by atoms with van der Waals surface area (Å²) in [6, 6.07) is 9.32. The number of aromatic amines is 2. The third-order valence-corrected chi connectivity index (χ3v) is 3.29. The van der Waals surface area contributed by atoms with Gasteiger partial charge >= 0.3 is 0 Å². The van der Waals surface area contributed by atoms with Crippen molar-refractivity contribution in [1.82, 2.24) is 20.6 Å². The zero-order chi connectivity index (χ0) is 14.8. The molecule has 0 radical (unpaired) electrons. The lowest BCUT2D eigenvalue weighted by Crippen LogP contribution is -2.18. The minimum atomic E-state index is -0.383. The van der Waals surface area contributed by atoms with Crippen molar-refractivity contribution >= 4 is 34.6 Å². The maximum absolute atomic E-state index is 11.8. The molecule has 2 aromatic heterocycles. The van der Waals surface area contributed by atoms with Crippen molar-refractivity contribution < 1.29 is 4.79 Å². The van der Waals surface area contributed by atoms with Crippen LogP contribution in [-0.2, 0) is 0 Å². The lowest BCUT2D eigenvalue weighted by molar-refractivity contribution is 0.0950. The fourth-order valence-corrected chi connectivity index (χ4v) is 2.26. The molecule has 1 aromatic carbocycles. The number of hydrogen-bond donors (Lipinski definition) is 3. The number of nitrogens with zero attached hydrogens (tertiary/aromatic N) is 2. The topological polar surface area (TPSA) is 85.9 Å². The van der Waals surface area contributed by atoms with Crippen LogP contribution in [0, 0.1) is 6.92 Å². The van der Waals surface area contributed by atoms with E-state index in [9.17, 15) is 4.79 Å². The second-order valence-electron chi connectivity index (χ2n) is 4.53. The average molecular weight is 302 g/mol. The maximum Gasteiger partial charge on any atom is 0.291 e. The first-order valence-corrected chi connectivity index (χ1v) is 6.64. The molecule has 0 atom stereocenters. The second kappa shape index (κ2) is 5.41. The molecule has 3 N–H and O–H groups in total. The highest BCUT2D eigenvalue weighted by Crippen LogP contribution is 2.24. The van der Waals surface area contributed by atoms with Crippen molar-refractivity contribution in [2.45, 2.75) is 6.92 Å². The molecule has 7 heteroatoms. The Morgan fingerprint density at radius 1 is 1.43 bits per heavy atom. The number of aryl methyl sites for hydroxylation is 1. The van der Waals surface area contributed by atoms with E-state index < -0.39 is 0 Å². The number of H-pyrrole nitrogens is 2. The lowest BCUT2D eigenvalue weighted by Gasteiger charge is -1.95. The van der Waals surface area contributed by atoms with E-state index >= 15 is 0 Å². The van der Waals surface area contributed by atoms with Gasteiger partial charge in [-0.2, -0.15) is 10.2 Å². The molecule has 0 spiro atoms. The predicted molar refractivity (Wildman–Crippen MR) is 81.7 cm³/mol. The third-order valence-electron chi connectivity index (χ3n) is 3.00. The van der Waals surface area contributed by atoms with Crippen LogP contribution in [0.1, 0.15) is 21.7 Å². The standard InChI is InChI=1S/C14H12ClN5O/c1-8-6-12(19-18-8)14(21)20-16-7-10-9-4-2-3-5-11(9)17-13(10)15/h2-7,17H,1H3,(H,18,19)(H,20,21). The Morgan fingerprint density at radius 2 is 2.24 bits per heavy atom. The number of benzene rings is 1. The van der Waals surface area contributed by atoms with E-state index in [1.165, 1.54) is 6.21 Å². The molecule has 0 aliphatic heterocycles. The molecule has 3 aromatic rings. The van der Waals surface area contributed by atoms with Gasteiger partial charge in [0.25, 0.3) is 5.91 Å². The summed E-state index contributed by atoms with van der Waals surface area (Å²) in [5.41, 5.74) is 5.16. The number of nitrogens with one attached hydrogen (secondary N) is 3. The number of hydrogen-bond acceptors (Lipinski definition) is 3. The summed E-state index contributed by atoms with van der Waals surface area (Å²) in [6.07, 6.45) is 1.51. The van der Waals surface area contributed by atoms with Crippen LogP contribution in [-0.4, -0.2) is 27.3 Å². The molecule has 3 rings (SSSR count). The summed E-state index contributed by atoms with van der Waals surface area (Å²) < 4.78 is 0.